The maximum Gasteiger partial charge on any atom is 0.416 e. The Morgan fingerprint density at radius 2 is 1.85 bits per heavy atom. The zero-order valence-electron chi connectivity index (χ0n) is 9.71. The predicted molar refractivity (Wildman–Crippen MR) is 67.8 cm³/mol. The number of nitrogens with two attached hydrogens (primary N) is 1. The van der Waals surface area contributed by atoms with Gasteiger partial charge in [-0.3, -0.25) is 0 Å². The van der Waals surface area contributed by atoms with Crippen LogP contribution in [0.3, 0.4) is 0 Å². The molecule has 0 atom stereocenters. The number of halogens is 5. The summed E-state index contributed by atoms with van der Waals surface area (Å²) in [5, 5.41) is 0. The van der Waals surface area contributed by atoms with E-state index in [1.165, 1.54) is 12.1 Å². The number of hydrogen-bond acceptors (Lipinski definition) is 3. The zero-order chi connectivity index (χ0) is 14.9. The zero-order valence-corrected chi connectivity index (χ0v) is 11.3. The van der Waals surface area contributed by atoms with Crippen LogP contribution >= 0.6 is 15.9 Å². The molecule has 1 aromatic heterocycles. The molecule has 8 heteroatoms. The second-order valence-electron chi connectivity index (χ2n) is 3.79. The van der Waals surface area contributed by atoms with Gasteiger partial charge in [0, 0.05) is 6.07 Å². The lowest BCUT2D eigenvalue weighted by molar-refractivity contribution is -0.137. The lowest BCUT2D eigenvalue weighted by atomic mass is 10.2. The van der Waals surface area contributed by atoms with Gasteiger partial charge in [0.2, 0.25) is 5.88 Å². The van der Waals surface area contributed by atoms with Gasteiger partial charge in [-0.1, -0.05) is 0 Å². The molecule has 0 saturated carbocycles. The van der Waals surface area contributed by atoms with E-state index in [0.29, 0.717) is 12.1 Å². The number of aromatic nitrogens is 1. The van der Waals surface area contributed by atoms with Gasteiger partial charge in [0.15, 0.2) is 0 Å². The van der Waals surface area contributed by atoms with Crippen LogP contribution < -0.4 is 10.5 Å². The Bertz CT molecular complexity index is 646. The molecule has 0 unspecified atom stereocenters. The Hall–Kier alpha value is -1.83. The van der Waals surface area contributed by atoms with E-state index in [-0.39, 0.29) is 21.9 Å². The van der Waals surface area contributed by atoms with Crippen LogP contribution in [0, 0.1) is 5.82 Å². The molecule has 2 N–H and O–H groups in total. The number of nitrogen functional groups attached to an aromatic ring is 1. The third kappa shape index (κ3) is 3.38. The number of anilines is 1. The van der Waals surface area contributed by atoms with Crippen molar-refractivity contribution in [1.29, 1.82) is 0 Å². The fraction of sp³-hybridized carbons (Fsp3) is 0.0833. The lowest BCUT2D eigenvalue weighted by Crippen LogP contribution is -2.07. The van der Waals surface area contributed by atoms with E-state index in [4.69, 9.17) is 10.5 Å². The largest absolute Gasteiger partial charge is 0.439 e. The molecule has 0 radical (unpaired) electrons. The fourth-order valence-corrected chi connectivity index (χ4v) is 1.76. The molecule has 0 aliphatic rings. The third-order valence-corrected chi connectivity index (χ3v) is 2.87. The topological polar surface area (TPSA) is 48.1 Å². The maximum atomic E-state index is 13.0. The Balaban J connectivity index is 2.33. The van der Waals surface area contributed by atoms with Crippen molar-refractivity contribution in [2.24, 2.45) is 0 Å². The van der Waals surface area contributed by atoms with Crippen LogP contribution in [0.2, 0.25) is 0 Å². The number of alkyl halides is 3. The van der Waals surface area contributed by atoms with Gasteiger partial charge in [0.25, 0.3) is 0 Å². The maximum absolute atomic E-state index is 13.0. The standard InChI is InChI=1S/C12H7BrF4N2O/c13-8-5-7(1-2-9(8)14)20-11-4-6(12(15,16)17)3-10(18)19-11/h1-5H,(H2,18,19). The molecule has 0 amide bonds. The van der Waals surface area contributed by atoms with E-state index >= 15 is 0 Å². The average Bonchev–Trinajstić information content (AvgIpc) is 2.32. The van der Waals surface area contributed by atoms with Gasteiger partial charge in [0.1, 0.15) is 17.4 Å². The summed E-state index contributed by atoms with van der Waals surface area (Å²) in [4.78, 5) is 3.64. The van der Waals surface area contributed by atoms with Crippen molar-refractivity contribution < 1.29 is 22.3 Å². The molecule has 0 spiro atoms. The lowest BCUT2D eigenvalue weighted by Gasteiger charge is -2.10. The van der Waals surface area contributed by atoms with Crippen molar-refractivity contribution in [2.45, 2.75) is 6.18 Å². The van der Waals surface area contributed by atoms with Gasteiger partial charge in [-0.05, 0) is 40.2 Å². The van der Waals surface area contributed by atoms with Crippen LogP contribution in [-0.4, -0.2) is 4.98 Å². The minimum absolute atomic E-state index is 0.120. The van der Waals surface area contributed by atoms with E-state index < -0.39 is 17.6 Å². The predicted octanol–water partition coefficient (Wildman–Crippen LogP) is 4.38. The van der Waals surface area contributed by atoms with Crippen molar-refractivity contribution >= 4 is 21.7 Å². The number of hydrogen-bond donors (Lipinski definition) is 1. The van der Waals surface area contributed by atoms with Gasteiger partial charge < -0.3 is 10.5 Å². The molecule has 1 heterocycles. The van der Waals surface area contributed by atoms with Crippen molar-refractivity contribution in [1.82, 2.24) is 4.98 Å². The van der Waals surface area contributed by atoms with Crippen LogP contribution in [0.15, 0.2) is 34.8 Å². The second kappa shape index (κ2) is 5.28. The summed E-state index contributed by atoms with van der Waals surface area (Å²) in [6.07, 6.45) is -4.56. The summed E-state index contributed by atoms with van der Waals surface area (Å²) in [6.45, 7) is 0. The summed E-state index contributed by atoms with van der Waals surface area (Å²) >= 11 is 2.94. The highest BCUT2D eigenvalue weighted by molar-refractivity contribution is 9.10. The van der Waals surface area contributed by atoms with Crippen molar-refractivity contribution in [2.75, 3.05) is 5.73 Å². The van der Waals surface area contributed by atoms with Crippen molar-refractivity contribution in [3.8, 4) is 11.6 Å². The highest BCUT2D eigenvalue weighted by Crippen LogP contribution is 2.33. The molecule has 0 aliphatic heterocycles. The van der Waals surface area contributed by atoms with Gasteiger partial charge in [-0.2, -0.15) is 18.2 Å². The summed E-state index contributed by atoms with van der Waals surface area (Å²) in [7, 11) is 0. The quantitative estimate of drug-likeness (QED) is 0.817. The summed E-state index contributed by atoms with van der Waals surface area (Å²) in [5.74, 6) is -1.04. The van der Waals surface area contributed by atoms with E-state index in [9.17, 15) is 17.6 Å². The van der Waals surface area contributed by atoms with Crippen LogP contribution in [0.5, 0.6) is 11.6 Å². The third-order valence-electron chi connectivity index (χ3n) is 2.26. The summed E-state index contributed by atoms with van der Waals surface area (Å²) < 4.78 is 56.1. The normalized spacial score (nSPS) is 11.4. The van der Waals surface area contributed by atoms with Crippen molar-refractivity contribution in [3.63, 3.8) is 0 Å². The SMILES string of the molecule is Nc1cc(C(F)(F)F)cc(Oc2ccc(F)c(Br)c2)n1. The van der Waals surface area contributed by atoms with Crippen LogP contribution in [0.25, 0.3) is 0 Å². The Labute approximate surface area is 119 Å². The van der Waals surface area contributed by atoms with Gasteiger partial charge in [0.05, 0.1) is 10.0 Å². The summed E-state index contributed by atoms with van der Waals surface area (Å²) in [6, 6.07) is 5.06. The van der Waals surface area contributed by atoms with Crippen LogP contribution in [0.1, 0.15) is 5.56 Å². The summed E-state index contributed by atoms with van der Waals surface area (Å²) in [5.41, 5.74) is 4.33. The Kier molecular flexibility index (Phi) is 3.85. The first-order valence-corrected chi connectivity index (χ1v) is 6.02. The number of benzene rings is 1. The smallest absolute Gasteiger partial charge is 0.416 e. The minimum Gasteiger partial charge on any atom is -0.439 e. The first kappa shape index (κ1) is 14.6. The molecule has 0 aliphatic carbocycles. The minimum atomic E-state index is -4.56. The highest BCUT2D eigenvalue weighted by atomic mass is 79.9. The molecule has 20 heavy (non-hydrogen) atoms. The Morgan fingerprint density at radius 1 is 1.15 bits per heavy atom. The first-order chi connectivity index (χ1) is 9.25. The Morgan fingerprint density at radius 3 is 2.45 bits per heavy atom. The molecule has 3 nitrogen and oxygen atoms in total. The van der Waals surface area contributed by atoms with E-state index in [2.05, 4.69) is 20.9 Å². The molecule has 0 fully saturated rings. The molecule has 0 bridgehead atoms. The molecule has 2 aromatic rings. The number of nitrogens with zero attached hydrogens (tertiary/aromatic N) is 1. The van der Waals surface area contributed by atoms with Crippen LogP contribution in [-0.2, 0) is 6.18 Å². The number of pyridine rings is 1. The molecule has 106 valence electrons. The van der Waals surface area contributed by atoms with E-state index in [1.54, 1.807) is 0 Å². The molecular formula is C12H7BrF4N2O. The number of rotatable bonds is 2. The van der Waals surface area contributed by atoms with E-state index in [1.807, 2.05) is 0 Å². The average molecular weight is 351 g/mol. The monoisotopic (exact) mass is 350 g/mol. The molecule has 1 aromatic carbocycles. The van der Waals surface area contributed by atoms with Crippen LogP contribution in [0.4, 0.5) is 23.4 Å². The van der Waals surface area contributed by atoms with Gasteiger partial charge in [-0.25, -0.2) is 4.39 Å². The van der Waals surface area contributed by atoms with Gasteiger partial charge >= 0.3 is 6.18 Å². The molecular weight excluding hydrogens is 344 g/mol. The second-order valence-corrected chi connectivity index (χ2v) is 4.65. The highest BCUT2D eigenvalue weighted by Gasteiger charge is 2.31. The molecule has 0 saturated heterocycles. The number of ether oxygens (including phenoxy) is 1. The van der Waals surface area contributed by atoms with Gasteiger partial charge in [-0.15, -0.1) is 0 Å². The first-order valence-electron chi connectivity index (χ1n) is 5.23. The fourth-order valence-electron chi connectivity index (χ4n) is 1.40. The molecule has 2 rings (SSSR count). The van der Waals surface area contributed by atoms with Crippen molar-refractivity contribution in [3.05, 3.63) is 46.2 Å². The van der Waals surface area contributed by atoms with E-state index in [0.717, 1.165) is 6.07 Å².